The number of thioether (sulfide) groups is 1. The molecule has 2 atom stereocenters. The van der Waals surface area contributed by atoms with Crippen LogP contribution in [0.15, 0.2) is 24.5 Å². The van der Waals surface area contributed by atoms with Crippen LogP contribution >= 0.6 is 11.8 Å². The lowest BCUT2D eigenvalue weighted by molar-refractivity contribution is 0.0938. The summed E-state index contributed by atoms with van der Waals surface area (Å²) in [6, 6.07) is 5.91. The Balaban J connectivity index is 1.64. The monoisotopic (exact) mass is 289 g/mol. The van der Waals surface area contributed by atoms with E-state index in [2.05, 4.69) is 22.2 Å². The molecule has 1 amide bonds. The highest BCUT2D eigenvalue weighted by Crippen LogP contribution is 2.29. The van der Waals surface area contributed by atoms with E-state index in [9.17, 15) is 4.79 Å². The quantitative estimate of drug-likeness (QED) is 0.909. The van der Waals surface area contributed by atoms with Gasteiger partial charge in [-0.25, -0.2) is 4.98 Å². The van der Waals surface area contributed by atoms with E-state index in [1.54, 1.807) is 6.33 Å². The van der Waals surface area contributed by atoms with E-state index in [1.807, 2.05) is 30.0 Å². The molecule has 106 valence electrons. The van der Waals surface area contributed by atoms with Crippen molar-refractivity contribution in [3.05, 3.63) is 30.1 Å². The Morgan fingerprint density at radius 2 is 2.40 bits per heavy atom. The summed E-state index contributed by atoms with van der Waals surface area (Å²) in [6.45, 7) is 2.19. The summed E-state index contributed by atoms with van der Waals surface area (Å²) in [5, 5.41) is 3.86. The number of nitrogens with one attached hydrogen (secondary N) is 2. The Labute approximate surface area is 122 Å². The summed E-state index contributed by atoms with van der Waals surface area (Å²) in [7, 11) is 0. The van der Waals surface area contributed by atoms with Crippen molar-refractivity contribution in [2.45, 2.75) is 37.5 Å². The molecular formula is C15H19N3OS. The number of hydrogen-bond acceptors (Lipinski definition) is 3. The molecular weight excluding hydrogens is 270 g/mol. The van der Waals surface area contributed by atoms with Crippen molar-refractivity contribution in [2.24, 2.45) is 0 Å². The first-order chi connectivity index (χ1) is 9.76. The van der Waals surface area contributed by atoms with Gasteiger partial charge in [0.2, 0.25) is 0 Å². The highest BCUT2D eigenvalue weighted by Gasteiger charge is 2.26. The maximum Gasteiger partial charge on any atom is 0.251 e. The lowest BCUT2D eigenvalue weighted by atomic mass is 10.1. The molecule has 0 radical (unpaired) electrons. The van der Waals surface area contributed by atoms with E-state index < -0.39 is 0 Å². The number of carbonyl (C=O) groups excluding carboxylic acids is 1. The predicted octanol–water partition coefficient (Wildman–Crippen LogP) is 2.97. The second-order valence-corrected chi connectivity index (χ2v) is 6.77. The first-order valence-electron chi connectivity index (χ1n) is 7.12. The predicted molar refractivity (Wildman–Crippen MR) is 83.1 cm³/mol. The van der Waals surface area contributed by atoms with Gasteiger partial charge < -0.3 is 10.3 Å². The molecule has 0 saturated heterocycles. The zero-order valence-corrected chi connectivity index (χ0v) is 12.4. The van der Waals surface area contributed by atoms with E-state index in [1.165, 1.54) is 6.42 Å². The van der Waals surface area contributed by atoms with Crippen molar-refractivity contribution >= 4 is 28.7 Å². The minimum Gasteiger partial charge on any atom is -0.349 e. The third kappa shape index (κ3) is 2.82. The fraction of sp³-hybridized carbons (Fsp3) is 0.467. The molecule has 0 bridgehead atoms. The molecule has 3 rings (SSSR count). The van der Waals surface area contributed by atoms with Gasteiger partial charge in [-0.3, -0.25) is 4.79 Å². The highest BCUT2D eigenvalue weighted by molar-refractivity contribution is 7.99. The molecule has 1 fully saturated rings. The molecule has 0 unspecified atom stereocenters. The van der Waals surface area contributed by atoms with Crippen LogP contribution in [0.4, 0.5) is 0 Å². The number of hydrogen-bond donors (Lipinski definition) is 2. The number of aromatic amines is 1. The molecule has 1 heterocycles. The molecule has 1 aliphatic carbocycles. The topological polar surface area (TPSA) is 57.8 Å². The molecule has 1 aromatic heterocycles. The molecule has 1 aliphatic rings. The van der Waals surface area contributed by atoms with Gasteiger partial charge in [-0.05, 0) is 43.2 Å². The molecule has 1 aromatic carbocycles. The SMILES string of the molecule is CCS[C@H]1CC[C@H](NC(=O)c2ccc3nc[nH]c3c2)C1. The van der Waals surface area contributed by atoms with Crippen molar-refractivity contribution < 1.29 is 4.79 Å². The second-order valence-electron chi connectivity index (χ2n) is 5.20. The molecule has 5 heteroatoms. The van der Waals surface area contributed by atoms with Crippen LogP contribution in [0.5, 0.6) is 0 Å². The van der Waals surface area contributed by atoms with Gasteiger partial charge in [-0.1, -0.05) is 6.92 Å². The van der Waals surface area contributed by atoms with E-state index in [0.29, 0.717) is 16.9 Å². The van der Waals surface area contributed by atoms with Gasteiger partial charge in [0, 0.05) is 16.9 Å². The van der Waals surface area contributed by atoms with Crippen LogP contribution in [0.1, 0.15) is 36.5 Å². The fourth-order valence-corrected chi connectivity index (χ4v) is 3.95. The van der Waals surface area contributed by atoms with E-state index >= 15 is 0 Å². The average Bonchev–Trinajstić information content (AvgIpc) is 3.07. The maximum atomic E-state index is 12.3. The van der Waals surface area contributed by atoms with Gasteiger partial charge in [0.25, 0.3) is 5.91 Å². The third-order valence-electron chi connectivity index (χ3n) is 3.80. The average molecular weight is 289 g/mol. The van der Waals surface area contributed by atoms with Gasteiger partial charge >= 0.3 is 0 Å². The Morgan fingerprint density at radius 1 is 1.50 bits per heavy atom. The molecule has 1 saturated carbocycles. The molecule has 20 heavy (non-hydrogen) atoms. The van der Waals surface area contributed by atoms with Crippen molar-refractivity contribution in [1.29, 1.82) is 0 Å². The normalized spacial score (nSPS) is 22.2. The number of carbonyl (C=O) groups is 1. The van der Waals surface area contributed by atoms with Crippen LogP contribution in [-0.2, 0) is 0 Å². The highest BCUT2D eigenvalue weighted by atomic mass is 32.2. The lowest BCUT2D eigenvalue weighted by Crippen LogP contribution is -2.33. The second kappa shape index (κ2) is 5.87. The lowest BCUT2D eigenvalue weighted by Gasteiger charge is -2.13. The Bertz CT molecular complexity index is 610. The van der Waals surface area contributed by atoms with Crippen LogP contribution < -0.4 is 5.32 Å². The number of aromatic nitrogens is 2. The summed E-state index contributed by atoms with van der Waals surface area (Å²) in [5.74, 6) is 1.18. The van der Waals surface area contributed by atoms with Crippen LogP contribution in [-0.4, -0.2) is 32.9 Å². The number of H-pyrrole nitrogens is 1. The van der Waals surface area contributed by atoms with Crippen LogP contribution in [0.2, 0.25) is 0 Å². The van der Waals surface area contributed by atoms with E-state index in [0.717, 1.165) is 29.6 Å². The summed E-state index contributed by atoms with van der Waals surface area (Å²) in [5.41, 5.74) is 2.50. The standard InChI is InChI=1S/C15H19N3OS/c1-2-20-12-5-4-11(8-12)18-15(19)10-3-6-13-14(7-10)17-9-16-13/h3,6-7,9,11-12H,2,4-5,8H2,1H3,(H,16,17)(H,18,19)/t11-,12-/m0/s1. The number of imidazole rings is 1. The fourth-order valence-electron chi connectivity index (χ4n) is 2.80. The van der Waals surface area contributed by atoms with Crippen LogP contribution in [0.3, 0.4) is 0 Å². The Hall–Kier alpha value is -1.49. The summed E-state index contributed by atoms with van der Waals surface area (Å²) >= 11 is 2.00. The first-order valence-corrected chi connectivity index (χ1v) is 8.16. The van der Waals surface area contributed by atoms with Gasteiger partial charge in [-0.2, -0.15) is 11.8 Å². The molecule has 0 spiro atoms. The van der Waals surface area contributed by atoms with E-state index in [4.69, 9.17) is 0 Å². The molecule has 2 N–H and O–H groups in total. The minimum absolute atomic E-state index is 0.0219. The zero-order chi connectivity index (χ0) is 13.9. The smallest absolute Gasteiger partial charge is 0.251 e. The van der Waals surface area contributed by atoms with Crippen molar-refractivity contribution in [3.8, 4) is 0 Å². The zero-order valence-electron chi connectivity index (χ0n) is 11.6. The largest absolute Gasteiger partial charge is 0.349 e. The van der Waals surface area contributed by atoms with Gasteiger partial charge in [-0.15, -0.1) is 0 Å². The first kappa shape index (κ1) is 13.5. The van der Waals surface area contributed by atoms with Gasteiger partial charge in [0.15, 0.2) is 0 Å². The third-order valence-corrected chi connectivity index (χ3v) is 5.04. The summed E-state index contributed by atoms with van der Waals surface area (Å²) in [6.07, 6.45) is 5.05. The number of benzene rings is 1. The van der Waals surface area contributed by atoms with Gasteiger partial charge in [0.05, 0.1) is 17.4 Å². The number of amides is 1. The summed E-state index contributed by atoms with van der Waals surface area (Å²) in [4.78, 5) is 19.5. The van der Waals surface area contributed by atoms with Crippen molar-refractivity contribution in [1.82, 2.24) is 15.3 Å². The van der Waals surface area contributed by atoms with Crippen molar-refractivity contribution in [3.63, 3.8) is 0 Å². The van der Waals surface area contributed by atoms with Crippen molar-refractivity contribution in [2.75, 3.05) is 5.75 Å². The Kier molecular flexibility index (Phi) is 3.96. The maximum absolute atomic E-state index is 12.3. The molecule has 0 aliphatic heterocycles. The molecule has 4 nitrogen and oxygen atoms in total. The number of fused-ring (bicyclic) bond motifs is 1. The number of nitrogens with zero attached hydrogens (tertiary/aromatic N) is 1. The summed E-state index contributed by atoms with van der Waals surface area (Å²) < 4.78 is 0. The minimum atomic E-state index is 0.0219. The van der Waals surface area contributed by atoms with Crippen LogP contribution in [0, 0.1) is 0 Å². The van der Waals surface area contributed by atoms with Crippen LogP contribution in [0.25, 0.3) is 11.0 Å². The number of rotatable bonds is 4. The van der Waals surface area contributed by atoms with E-state index in [-0.39, 0.29) is 5.91 Å². The van der Waals surface area contributed by atoms with Gasteiger partial charge in [0.1, 0.15) is 0 Å². The molecule has 2 aromatic rings. The Morgan fingerprint density at radius 3 is 3.25 bits per heavy atom.